The highest BCUT2D eigenvalue weighted by Gasteiger charge is 2.42. The maximum absolute atomic E-state index is 14.3. The summed E-state index contributed by atoms with van der Waals surface area (Å²) in [5.41, 5.74) is 5.92. The monoisotopic (exact) mass is 571 g/mol. The molecule has 0 aliphatic carbocycles. The number of piperidine rings is 1. The molecule has 13 nitrogen and oxygen atoms in total. The van der Waals surface area contributed by atoms with Gasteiger partial charge < -0.3 is 25.1 Å². The van der Waals surface area contributed by atoms with Crippen molar-refractivity contribution in [3.63, 3.8) is 0 Å². The van der Waals surface area contributed by atoms with Crippen LogP contribution in [0.2, 0.25) is 0 Å². The Hall–Kier alpha value is -4.94. The van der Waals surface area contributed by atoms with Gasteiger partial charge in [-0.1, -0.05) is 30.3 Å². The van der Waals surface area contributed by atoms with Crippen LogP contribution in [0, 0.1) is 0 Å². The molecule has 2 amide bonds. The number of hydrogen-bond acceptors (Lipinski definition) is 9. The van der Waals surface area contributed by atoms with Crippen LogP contribution in [-0.2, 0) is 15.1 Å². The number of nitrogens with zero attached hydrogens (tertiary/aromatic N) is 7. The second-order valence-corrected chi connectivity index (χ2v) is 11.6. The van der Waals surface area contributed by atoms with Gasteiger partial charge in [0.25, 0.3) is 5.91 Å². The van der Waals surface area contributed by atoms with Gasteiger partial charge in [0.2, 0.25) is 11.8 Å². The molecule has 6 rings (SSSR count). The lowest BCUT2D eigenvalue weighted by atomic mass is 9.90. The van der Waals surface area contributed by atoms with Crippen molar-refractivity contribution in [1.29, 1.82) is 0 Å². The summed E-state index contributed by atoms with van der Waals surface area (Å²) in [6.07, 6.45) is 4.21. The summed E-state index contributed by atoms with van der Waals surface area (Å²) >= 11 is 0. The number of rotatable bonds is 5. The van der Waals surface area contributed by atoms with E-state index < -0.39 is 17.2 Å². The molecule has 0 saturated carbocycles. The number of hydrogen-bond donors (Lipinski definition) is 2. The quantitative estimate of drug-likeness (QED) is 0.321. The van der Waals surface area contributed by atoms with Gasteiger partial charge >= 0.3 is 6.09 Å². The third-order valence-corrected chi connectivity index (χ3v) is 7.38. The Kier molecular flexibility index (Phi) is 6.59. The number of likely N-dealkylation sites (tertiary alicyclic amines) is 1. The van der Waals surface area contributed by atoms with Crippen LogP contribution in [0.4, 0.5) is 10.7 Å². The van der Waals surface area contributed by atoms with Gasteiger partial charge in [-0.15, -0.1) is 5.10 Å². The molecular formula is C29H33N9O4. The van der Waals surface area contributed by atoms with Crippen LogP contribution >= 0.6 is 0 Å². The topological polar surface area (TPSA) is 159 Å². The van der Waals surface area contributed by atoms with Gasteiger partial charge in [-0.3, -0.25) is 4.79 Å². The molecule has 0 radical (unpaired) electrons. The zero-order valence-electron chi connectivity index (χ0n) is 23.9. The van der Waals surface area contributed by atoms with Gasteiger partial charge in [-0.2, -0.15) is 14.6 Å². The van der Waals surface area contributed by atoms with E-state index in [9.17, 15) is 9.59 Å². The average molecular weight is 572 g/mol. The van der Waals surface area contributed by atoms with Crippen LogP contribution in [0.1, 0.15) is 46.1 Å². The summed E-state index contributed by atoms with van der Waals surface area (Å²) in [5, 5.41) is 12.9. The Morgan fingerprint density at radius 3 is 2.57 bits per heavy atom. The molecule has 1 aliphatic heterocycles. The predicted molar refractivity (Wildman–Crippen MR) is 154 cm³/mol. The van der Waals surface area contributed by atoms with Crippen LogP contribution in [0.15, 0.2) is 59.3 Å². The molecule has 0 spiro atoms. The number of anilines is 1. The maximum atomic E-state index is 14.3. The van der Waals surface area contributed by atoms with E-state index in [0.29, 0.717) is 46.9 Å². The van der Waals surface area contributed by atoms with Gasteiger partial charge in [0.15, 0.2) is 22.6 Å². The number of nitrogen functional groups attached to an aromatic ring is 1. The summed E-state index contributed by atoms with van der Waals surface area (Å²) in [7, 11) is 0. The SMILES string of the molecule is CC(C)(C)OC(=O)N1CCC[C@@H](NC(=O)C(C)(c2ccccc2)n2ncc3c2nc(N)n2nc(-c4ccco4)nc32)C1. The van der Waals surface area contributed by atoms with E-state index >= 15 is 0 Å². The molecule has 2 atom stereocenters. The molecule has 5 heterocycles. The fourth-order valence-corrected chi connectivity index (χ4v) is 5.27. The standard InChI is InChI=1S/C29H33N9O4/c1-28(2,3)42-27(40)36-14-8-12-19(17-36)32-25(39)29(4,18-10-6-5-7-11-18)38-24-20(16-31-38)23-33-22(21-13-9-15-41-21)35-37(23)26(30)34-24/h5-7,9-11,13,15-16,19H,8,12,14,17H2,1-4H3,(H2,30,34)(H,32,39)/t19-,29?/m1/s1. The van der Waals surface area contributed by atoms with Crippen molar-refractivity contribution in [3.8, 4) is 11.6 Å². The fourth-order valence-electron chi connectivity index (χ4n) is 5.27. The lowest BCUT2D eigenvalue weighted by Gasteiger charge is -2.37. The highest BCUT2D eigenvalue weighted by atomic mass is 16.6. The molecule has 1 fully saturated rings. The van der Waals surface area contributed by atoms with E-state index in [1.165, 1.54) is 4.52 Å². The fraction of sp³-hybridized carbons (Fsp3) is 0.379. The number of fused-ring (bicyclic) bond motifs is 3. The van der Waals surface area contributed by atoms with Gasteiger partial charge in [0, 0.05) is 19.1 Å². The minimum absolute atomic E-state index is 0.0839. The van der Waals surface area contributed by atoms with Crippen molar-refractivity contribution in [3.05, 3.63) is 60.5 Å². The van der Waals surface area contributed by atoms with E-state index in [1.54, 1.807) is 41.1 Å². The summed E-state index contributed by atoms with van der Waals surface area (Å²) in [5.74, 6) is 0.623. The number of aromatic nitrogens is 6. The van der Waals surface area contributed by atoms with Crippen molar-refractivity contribution >= 4 is 34.6 Å². The second kappa shape index (κ2) is 10.2. The number of furan rings is 1. The Morgan fingerprint density at radius 2 is 1.86 bits per heavy atom. The average Bonchev–Trinajstić information content (AvgIpc) is 3.72. The Balaban J connectivity index is 1.38. The van der Waals surface area contributed by atoms with Crippen LogP contribution in [0.25, 0.3) is 28.3 Å². The first-order valence-electron chi connectivity index (χ1n) is 13.8. The summed E-state index contributed by atoms with van der Waals surface area (Å²) in [4.78, 5) is 37.9. The van der Waals surface area contributed by atoms with Gasteiger partial charge in [-0.25, -0.2) is 14.5 Å². The molecule has 4 aromatic heterocycles. The molecule has 13 heteroatoms. The second-order valence-electron chi connectivity index (χ2n) is 11.6. The van der Waals surface area contributed by atoms with Crippen LogP contribution in [-0.4, -0.2) is 71.0 Å². The van der Waals surface area contributed by atoms with Crippen LogP contribution in [0.5, 0.6) is 0 Å². The normalized spacial score (nSPS) is 17.3. The molecule has 1 saturated heterocycles. The number of ether oxygens (including phenoxy) is 1. The van der Waals surface area contributed by atoms with Crippen molar-refractivity contribution in [2.75, 3.05) is 18.8 Å². The lowest BCUT2D eigenvalue weighted by molar-refractivity contribution is -0.128. The number of nitrogens with two attached hydrogens (primary N) is 1. The largest absolute Gasteiger partial charge is 0.461 e. The first-order chi connectivity index (χ1) is 20.0. The summed E-state index contributed by atoms with van der Waals surface area (Å²) in [6.45, 7) is 8.20. The molecule has 1 aromatic carbocycles. The highest BCUT2D eigenvalue weighted by Crippen LogP contribution is 2.32. The highest BCUT2D eigenvalue weighted by molar-refractivity contribution is 5.94. The predicted octanol–water partition coefficient (Wildman–Crippen LogP) is 3.60. The van der Waals surface area contributed by atoms with Crippen molar-refractivity contribution in [2.24, 2.45) is 0 Å². The summed E-state index contributed by atoms with van der Waals surface area (Å²) in [6, 6.07) is 12.6. The van der Waals surface area contributed by atoms with E-state index in [0.717, 1.165) is 12.8 Å². The molecule has 0 bridgehead atoms. The lowest BCUT2D eigenvalue weighted by Crippen LogP contribution is -2.56. The van der Waals surface area contributed by atoms with E-state index in [4.69, 9.17) is 14.9 Å². The third-order valence-electron chi connectivity index (χ3n) is 7.38. The van der Waals surface area contributed by atoms with E-state index in [-0.39, 0.29) is 17.9 Å². The molecule has 1 aliphatic rings. The molecule has 218 valence electrons. The molecule has 42 heavy (non-hydrogen) atoms. The first kappa shape index (κ1) is 27.2. The zero-order valence-corrected chi connectivity index (χ0v) is 23.9. The first-order valence-corrected chi connectivity index (χ1v) is 13.8. The van der Waals surface area contributed by atoms with Crippen molar-refractivity contribution in [1.82, 2.24) is 39.6 Å². The molecule has 5 aromatic rings. The minimum Gasteiger partial charge on any atom is -0.461 e. The number of carbonyl (C=O) groups is 2. The van der Waals surface area contributed by atoms with Crippen LogP contribution < -0.4 is 11.1 Å². The smallest absolute Gasteiger partial charge is 0.410 e. The van der Waals surface area contributed by atoms with E-state index in [2.05, 4.69) is 25.5 Å². The van der Waals surface area contributed by atoms with Crippen molar-refractivity contribution < 1.29 is 18.7 Å². The molecule has 3 N–H and O–H groups in total. The molecule has 1 unspecified atom stereocenters. The molecular weight excluding hydrogens is 538 g/mol. The minimum atomic E-state index is -1.32. The Labute approximate surface area is 241 Å². The zero-order chi connectivity index (χ0) is 29.6. The Bertz CT molecular complexity index is 1750. The van der Waals surface area contributed by atoms with Crippen LogP contribution in [0.3, 0.4) is 0 Å². The third kappa shape index (κ3) is 4.80. The maximum Gasteiger partial charge on any atom is 0.410 e. The summed E-state index contributed by atoms with van der Waals surface area (Å²) < 4.78 is 14.0. The number of carbonyl (C=O) groups excluding carboxylic acids is 2. The van der Waals surface area contributed by atoms with E-state index in [1.807, 2.05) is 51.1 Å². The van der Waals surface area contributed by atoms with Gasteiger partial charge in [-0.05, 0) is 58.2 Å². The Morgan fingerprint density at radius 1 is 1.07 bits per heavy atom. The number of nitrogens with one attached hydrogen (secondary N) is 1. The van der Waals surface area contributed by atoms with Gasteiger partial charge in [0.05, 0.1) is 17.8 Å². The number of benzene rings is 1. The van der Waals surface area contributed by atoms with Crippen molar-refractivity contribution in [2.45, 2.75) is 57.7 Å². The van der Waals surface area contributed by atoms with Gasteiger partial charge in [0.1, 0.15) is 5.60 Å². The number of amides is 2.